The Labute approximate surface area is 126 Å². The normalized spacial score (nSPS) is 12.7. The molecule has 1 amide bonds. The standard InChI is InChI=1S/C14H23N3O3S/c1-12(17(2)13-7-5-4-6-8-13)11-15-14(18)9-10-16-21(3,19)20/h4-8,12,16H,9-11H2,1-3H3,(H,15,18)/t12-/m1/s1. The molecule has 1 atom stereocenters. The molecule has 0 unspecified atom stereocenters. The number of para-hydroxylation sites is 1. The maximum Gasteiger partial charge on any atom is 0.221 e. The summed E-state index contributed by atoms with van der Waals surface area (Å²) in [7, 11) is -1.27. The third kappa shape index (κ3) is 7.10. The van der Waals surface area contributed by atoms with Crippen LogP contribution in [0.25, 0.3) is 0 Å². The number of amides is 1. The molecule has 0 saturated heterocycles. The quantitative estimate of drug-likeness (QED) is 0.735. The van der Waals surface area contributed by atoms with Crippen LogP contribution in [0, 0.1) is 0 Å². The smallest absolute Gasteiger partial charge is 0.221 e. The van der Waals surface area contributed by atoms with Gasteiger partial charge in [-0.3, -0.25) is 4.79 Å². The highest BCUT2D eigenvalue weighted by Crippen LogP contribution is 2.13. The van der Waals surface area contributed by atoms with Crippen LogP contribution >= 0.6 is 0 Å². The van der Waals surface area contributed by atoms with E-state index in [1.165, 1.54) is 0 Å². The van der Waals surface area contributed by atoms with Crippen molar-refractivity contribution in [3.63, 3.8) is 0 Å². The van der Waals surface area contributed by atoms with Crippen molar-refractivity contribution in [3.8, 4) is 0 Å². The topological polar surface area (TPSA) is 78.5 Å². The molecule has 2 N–H and O–H groups in total. The third-order valence-electron chi connectivity index (χ3n) is 3.14. The molecule has 21 heavy (non-hydrogen) atoms. The van der Waals surface area contributed by atoms with Gasteiger partial charge in [0, 0.05) is 38.3 Å². The molecule has 0 aliphatic carbocycles. The summed E-state index contributed by atoms with van der Waals surface area (Å²) >= 11 is 0. The van der Waals surface area contributed by atoms with E-state index in [-0.39, 0.29) is 24.9 Å². The Balaban J connectivity index is 2.32. The zero-order chi connectivity index (χ0) is 15.9. The third-order valence-corrected chi connectivity index (χ3v) is 3.86. The molecule has 7 heteroatoms. The van der Waals surface area contributed by atoms with Gasteiger partial charge in [-0.15, -0.1) is 0 Å². The molecule has 0 aromatic heterocycles. The van der Waals surface area contributed by atoms with Gasteiger partial charge in [0.15, 0.2) is 0 Å². The van der Waals surface area contributed by atoms with Crippen LogP contribution in [0.5, 0.6) is 0 Å². The molecule has 0 saturated carbocycles. The highest BCUT2D eigenvalue weighted by Gasteiger charge is 2.11. The van der Waals surface area contributed by atoms with Crippen LogP contribution < -0.4 is 14.9 Å². The number of carbonyl (C=O) groups excluding carboxylic acids is 1. The summed E-state index contributed by atoms with van der Waals surface area (Å²) in [4.78, 5) is 13.7. The molecular formula is C14H23N3O3S. The summed E-state index contributed by atoms with van der Waals surface area (Å²) in [6, 6.07) is 10.0. The zero-order valence-corrected chi connectivity index (χ0v) is 13.5. The maximum absolute atomic E-state index is 11.6. The van der Waals surface area contributed by atoms with E-state index in [1.54, 1.807) is 0 Å². The summed E-state index contributed by atoms with van der Waals surface area (Å²) < 4.78 is 24.0. The first-order valence-electron chi connectivity index (χ1n) is 6.79. The Morgan fingerprint density at radius 2 is 1.90 bits per heavy atom. The predicted molar refractivity (Wildman–Crippen MR) is 84.8 cm³/mol. The Morgan fingerprint density at radius 1 is 1.29 bits per heavy atom. The first kappa shape index (κ1) is 17.5. The minimum absolute atomic E-state index is 0.119. The minimum atomic E-state index is -3.24. The van der Waals surface area contributed by atoms with E-state index in [4.69, 9.17) is 0 Å². The van der Waals surface area contributed by atoms with Gasteiger partial charge >= 0.3 is 0 Å². The van der Waals surface area contributed by atoms with Gasteiger partial charge in [-0.25, -0.2) is 13.1 Å². The van der Waals surface area contributed by atoms with Crippen LogP contribution in [0.3, 0.4) is 0 Å². The maximum atomic E-state index is 11.6. The largest absolute Gasteiger partial charge is 0.370 e. The van der Waals surface area contributed by atoms with E-state index in [0.717, 1.165) is 11.9 Å². The second kappa shape index (κ2) is 7.99. The first-order valence-corrected chi connectivity index (χ1v) is 8.68. The molecule has 1 aromatic rings. The number of hydrogen-bond donors (Lipinski definition) is 2. The Bertz CT molecular complexity index is 546. The van der Waals surface area contributed by atoms with Crippen molar-refractivity contribution in [2.75, 3.05) is 31.3 Å². The summed E-state index contributed by atoms with van der Waals surface area (Å²) in [5.41, 5.74) is 1.08. The van der Waals surface area contributed by atoms with E-state index in [0.29, 0.717) is 6.54 Å². The van der Waals surface area contributed by atoms with Crippen molar-refractivity contribution in [2.24, 2.45) is 0 Å². The monoisotopic (exact) mass is 313 g/mol. The summed E-state index contributed by atoms with van der Waals surface area (Å²) in [5, 5.41) is 2.80. The van der Waals surface area contributed by atoms with Gasteiger partial charge in [0.05, 0.1) is 6.26 Å². The minimum Gasteiger partial charge on any atom is -0.370 e. The van der Waals surface area contributed by atoms with Gasteiger partial charge < -0.3 is 10.2 Å². The van der Waals surface area contributed by atoms with E-state index in [2.05, 4.69) is 14.9 Å². The number of nitrogens with zero attached hydrogens (tertiary/aromatic N) is 1. The molecule has 0 aliphatic rings. The summed E-state index contributed by atoms with van der Waals surface area (Å²) in [5.74, 6) is -0.167. The highest BCUT2D eigenvalue weighted by atomic mass is 32.2. The van der Waals surface area contributed by atoms with E-state index in [9.17, 15) is 13.2 Å². The van der Waals surface area contributed by atoms with Crippen LogP contribution in [0.2, 0.25) is 0 Å². The van der Waals surface area contributed by atoms with Crippen LogP contribution in [0.1, 0.15) is 13.3 Å². The van der Waals surface area contributed by atoms with Crippen molar-refractivity contribution in [3.05, 3.63) is 30.3 Å². The van der Waals surface area contributed by atoms with Crippen molar-refractivity contribution in [1.29, 1.82) is 0 Å². The fourth-order valence-corrected chi connectivity index (χ4v) is 2.23. The Morgan fingerprint density at radius 3 is 2.48 bits per heavy atom. The molecule has 118 valence electrons. The number of benzene rings is 1. The fourth-order valence-electron chi connectivity index (χ4n) is 1.75. The van der Waals surface area contributed by atoms with Gasteiger partial charge in [-0.2, -0.15) is 0 Å². The number of hydrogen-bond acceptors (Lipinski definition) is 4. The lowest BCUT2D eigenvalue weighted by Crippen LogP contribution is -2.41. The molecule has 1 aromatic carbocycles. The van der Waals surface area contributed by atoms with Crippen molar-refractivity contribution in [1.82, 2.24) is 10.0 Å². The van der Waals surface area contributed by atoms with Crippen LogP contribution in [0.4, 0.5) is 5.69 Å². The van der Waals surface area contributed by atoms with E-state index in [1.807, 2.05) is 44.3 Å². The van der Waals surface area contributed by atoms with Gasteiger partial charge in [0.25, 0.3) is 0 Å². The zero-order valence-electron chi connectivity index (χ0n) is 12.7. The molecule has 0 fully saturated rings. The molecule has 6 nitrogen and oxygen atoms in total. The second-order valence-corrected chi connectivity index (χ2v) is 6.85. The molecule has 0 aliphatic heterocycles. The molecule has 1 rings (SSSR count). The van der Waals surface area contributed by atoms with Gasteiger partial charge in [0.2, 0.25) is 15.9 Å². The lowest BCUT2D eigenvalue weighted by molar-refractivity contribution is -0.120. The first-order chi connectivity index (χ1) is 9.79. The van der Waals surface area contributed by atoms with Gasteiger partial charge in [-0.05, 0) is 19.1 Å². The average Bonchev–Trinajstić information content (AvgIpc) is 2.43. The molecule has 0 spiro atoms. The second-order valence-electron chi connectivity index (χ2n) is 5.02. The van der Waals surface area contributed by atoms with Crippen molar-refractivity contribution < 1.29 is 13.2 Å². The van der Waals surface area contributed by atoms with E-state index < -0.39 is 10.0 Å². The molecular weight excluding hydrogens is 290 g/mol. The van der Waals surface area contributed by atoms with Crippen molar-refractivity contribution >= 4 is 21.6 Å². The van der Waals surface area contributed by atoms with Crippen LogP contribution in [-0.4, -0.2) is 46.8 Å². The number of rotatable bonds is 8. The summed E-state index contributed by atoms with van der Waals surface area (Å²) in [6.07, 6.45) is 1.20. The molecule has 0 heterocycles. The lowest BCUT2D eigenvalue weighted by atomic mass is 10.2. The summed E-state index contributed by atoms with van der Waals surface area (Å²) in [6.45, 7) is 2.64. The number of anilines is 1. The van der Waals surface area contributed by atoms with Crippen LogP contribution in [0.15, 0.2) is 30.3 Å². The Kier molecular flexibility index (Phi) is 6.64. The highest BCUT2D eigenvalue weighted by molar-refractivity contribution is 7.88. The average molecular weight is 313 g/mol. The van der Waals surface area contributed by atoms with E-state index >= 15 is 0 Å². The lowest BCUT2D eigenvalue weighted by Gasteiger charge is -2.27. The molecule has 0 bridgehead atoms. The SMILES string of the molecule is C[C@H](CNC(=O)CCNS(C)(=O)=O)N(C)c1ccccc1. The predicted octanol–water partition coefficient (Wildman–Crippen LogP) is 0.567. The fraction of sp³-hybridized carbons (Fsp3) is 0.500. The van der Waals surface area contributed by atoms with Gasteiger partial charge in [0.1, 0.15) is 0 Å². The number of carbonyl (C=O) groups is 1. The number of likely N-dealkylation sites (N-methyl/N-ethyl adjacent to an activating group) is 1. The molecule has 0 radical (unpaired) electrons. The van der Waals surface area contributed by atoms with Gasteiger partial charge in [-0.1, -0.05) is 18.2 Å². The Hall–Kier alpha value is -1.60. The van der Waals surface area contributed by atoms with Crippen LogP contribution in [-0.2, 0) is 14.8 Å². The van der Waals surface area contributed by atoms with Crippen molar-refractivity contribution in [2.45, 2.75) is 19.4 Å². The number of nitrogens with one attached hydrogen (secondary N) is 2. The number of sulfonamides is 1.